The minimum atomic E-state index is -0.749. The number of aliphatic hydroxyl groups is 1. The molecule has 0 atom stereocenters. The van der Waals surface area contributed by atoms with E-state index < -0.39 is 5.60 Å². The van der Waals surface area contributed by atoms with Gasteiger partial charge in [-0.3, -0.25) is 9.59 Å². The lowest BCUT2D eigenvalue weighted by Crippen LogP contribution is -2.65. The first-order valence-electron chi connectivity index (χ1n) is 7.17. The van der Waals surface area contributed by atoms with Gasteiger partial charge in [0.15, 0.2) is 0 Å². The fourth-order valence-corrected chi connectivity index (χ4v) is 2.30. The van der Waals surface area contributed by atoms with Crippen LogP contribution in [-0.2, 0) is 11.3 Å². The molecule has 114 valence electrons. The van der Waals surface area contributed by atoms with Crippen LogP contribution in [0.4, 0.5) is 0 Å². The molecule has 1 aromatic carbocycles. The summed E-state index contributed by atoms with van der Waals surface area (Å²) in [4.78, 5) is 24.8. The molecular formula is C16H22N2O3. The van der Waals surface area contributed by atoms with Crippen LogP contribution in [0, 0.1) is 5.92 Å². The molecule has 5 nitrogen and oxygen atoms in total. The number of likely N-dealkylation sites (tertiary alicyclic amines) is 1. The van der Waals surface area contributed by atoms with Crippen LogP contribution in [0.1, 0.15) is 36.7 Å². The maximum Gasteiger partial charge on any atom is 0.254 e. The average molecular weight is 290 g/mol. The number of β-amino-alcohol motifs (C(OH)–C–C–N with tert-alkyl or cyclic N) is 1. The van der Waals surface area contributed by atoms with Gasteiger partial charge in [-0.2, -0.15) is 0 Å². The summed E-state index contributed by atoms with van der Waals surface area (Å²) in [6.45, 7) is 6.61. The molecule has 0 saturated carbocycles. The highest BCUT2D eigenvalue weighted by Crippen LogP contribution is 2.29. The van der Waals surface area contributed by atoms with E-state index in [1.165, 1.54) is 6.92 Å². The Balaban J connectivity index is 1.94. The number of rotatable bonds is 4. The predicted molar refractivity (Wildman–Crippen MR) is 79.7 cm³/mol. The Kier molecular flexibility index (Phi) is 4.32. The van der Waals surface area contributed by atoms with Gasteiger partial charge >= 0.3 is 0 Å². The van der Waals surface area contributed by atoms with Gasteiger partial charge in [0, 0.05) is 19.0 Å². The van der Waals surface area contributed by atoms with E-state index in [-0.39, 0.29) is 17.7 Å². The van der Waals surface area contributed by atoms with E-state index >= 15 is 0 Å². The second kappa shape index (κ2) is 5.85. The van der Waals surface area contributed by atoms with E-state index in [1.54, 1.807) is 17.0 Å². The maximum atomic E-state index is 12.3. The summed E-state index contributed by atoms with van der Waals surface area (Å²) in [5.41, 5.74) is 0.803. The number of nitrogens with one attached hydrogen (secondary N) is 1. The molecule has 1 aliphatic heterocycles. The zero-order chi connectivity index (χ0) is 15.6. The molecule has 2 N–H and O–H groups in total. The van der Waals surface area contributed by atoms with E-state index in [0.717, 1.165) is 5.56 Å². The van der Waals surface area contributed by atoms with E-state index in [1.807, 2.05) is 26.0 Å². The smallest absolute Gasteiger partial charge is 0.254 e. The van der Waals surface area contributed by atoms with Gasteiger partial charge in [0.1, 0.15) is 5.60 Å². The van der Waals surface area contributed by atoms with E-state index in [4.69, 9.17) is 0 Å². The van der Waals surface area contributed by atoms with Crippen molar-refractivity contribution in [3.05, 3.63) is 35.4 Å². The number of amides is 2. The standard InChI is InChI=1S/C16H22N2O3/c1-11(2)16(21)9-18(10-16)15(20)14-6-4-13(5-7-14)8-17-12(3)19/h4-7,11,21H,8-10H2,1-3H3,(H,17,19). The molecule has 0 radical (unpaired) electrons. The van der Waals surface area contributed by atoms with Crippen molar-refractivity contribution in [3.8, 4) is 0 Å². The van der Waals surface area contributed by atoms with Crippen LogP contribution >= 0.6 is 0 Å². The molecule has 0 spiro atoms. The Bertz CT molecular complexity index is 531. The first-order valence-corrected chi connectivity index (χ1v) is 7.17. The van der Waals surface area contributed by atoms with Crippen molar-refractivity contribution in [1.29, 1.82) is 0 Å². The molecule has 1 heterocycles. The Morgan fingerprint density at radius 1 is 1.29 bits per heavy atom. The molecule has 5 heteroatoms. The minimum Gasteiger partial charge on any atom is -0.386 e. The van der Waals surface area contributed by atoms with Crippen LogP contribution < -0.4 is 5.32 Å². The molecule has 0 unspecified atom stereocenters. The largest absolute Gasteiger partial charge is 0.386 e. The number of carbonyl (C=O) groups excluding carboxylic acids is 2. The lowest BCUT2D eigenvalue weighted by atomic mass is 9.82. The van der Waals surface area contributed by atoms with Crippen molar-refractivity contribution in [2.24, 2.45) is 5.92 Å². The van der Waals surface area contributed by atoms with Crippen LogP contribution in [0.2, 0.25) is 0 Å². The van der Waals surface area contributed by atoms with Crippen molar-refractivity contribution in [2.45, 2.75) is 32.9 Å². The van der Waals surface area contributed by atoms with Gasteiger partial charge in [0.2, 0.25) is 5.91 Å². The van der Waals surface area contributed by atoms with E-state index in [9.17, 15) is 14.7 Å². The highest BCUT2D eigenvalue weighted by molar-refractivity contribution is 5.95. The molecule has 0 aromatic heterocycles. The van der Waals surface area contributed by atoms with Gasteiger partial charge < -0.3 is 15.3 Å². The van der Waals surface area contributed by atoms with Crippen LogP contribution in [0.15, 0.2) is 24.3 Å². The number of nitrogens with zero attached hydrogens (tertiary/aromatic N) is 1. The molecule has 1 saturated heterocycles. The van der Waals surface area contributed by atoms with Gasteiger partial charge in [-0.05, 0) is 23.6 Å². The molecule has 21 heavy (non-hydrogen) atoms. The third-order valence-corrected chi connectivity index (χ3v) is 4.03. The zero-order valence-corrected chi connectivity index (χ0v) is 12.7. The number of hydrogen-bond donors (Lipinski definition) is 2. The quantitative estimate of drug-likeness (QED) is 0.874. The van der Waals surface area contributed by atoms with Crippen LogP contribution in [0.25, 0.3) is 0 Å². The molecule has 1 aliphatic rings. The lowest BCUT2D eigenvalue weighted by molar-refractivity contribution is -0.119. The van der Waals surface area contributed by atoms with Crippen molar-refractivity contribution in [2.75, 3.05) is 13.1 Å². The Labute approximate surface area is 125 Å². The predicted octanol–water partition coefficient (Wildman–Crippen LogP) is 1.17. The zero-order valence-electron chi connectivity index (χ0n) is 12.7. The first-order chi connectivity index (χ1) is 9.82. The van der Waals surface area contributed by atoms with Crippen molar-refractivity contribution >= 4 is 11.8 Å². The SMILES string of the molecule is CC(=O)NCc1ccc(C(=O)N2CC(O)(C(C)C)C2)cc1. The van der Waals surface area contributed by atoms with Gasteiger partial charge in [0.05, 0.1) is 13.1 Å². The third-order valence-electron chi connectivity index (χ3n) is 4.03. The van der Waals surface area contributed by atoms with Crippen LogP contribution in [0.3, 0.4) is 0 Å². The molecule has 2 rings (SSSR count). The lowest BCUT2D eigenvalue weighted by Gasteiger charge is -2.49. The number of benzene rings is 1. The monoisotopic (exact) mass is 290 g/mol. The molecular weight excluding hydrogens is 268 g/mol. The van der Waals surface area contributed by atoms with E-state index in [2.05, 4.69) is 5.32 Å². The number of carbonyl (C=O) groups is 2. The second-order valence-electron chi connectivity index (χ2n) is 6.03. The van der Waals surface area contributed by atoms with Crippen LogP contribution in [0.5, 0.6) is 0 Å². The minimum absolute atomic E-state index is 0.0635. The van der Waals surface area contributed by atoms with E-state index in [0.29, 0.717) is 25.2 Å². The molecule has 2 amide bonds. The molecule has 1 fully saturated rings. The normalized spacial score (nSPS) is 16.5. The summed E-state index contributed by atoms with van der Waals surface area (Å²) in [5, 5.41) is 12.9. The fraction of sp³-hybridized carbons (Fsp3) is 0.500. The van der Waals surface area contributed by atoms with Gasteiger partial charge in [-0.25, -0.2) is 0 Å². The van der Waals surface area contributed by atoms with Crippen molar-refractivity contribution in [3.63, 3.8) is 0 Å². The van der Waals surface area contributed by atoms with Crippen molar-refractivity contribution < 1.29 is 14.7 Å². The van der Waals surface area contributed by atoms with Gasteiger partial charge in [-0.15, -0.1) is 0 Å². The topological polar surface area (TPSA) is 69.6 Å². The van der Waals surface area contributed by atoms with Gasteiger partial charge in [0.25, 0.3) is 5.91 Å². The summed E-state index contributed by atoms with van der Waals surface area (Å²) >= 11 is 0. The Morgan fingerprint density at radius 2 is 1.86 bits per heavy atom. The summed E-state index contributed by atoms with van der Waals surface area (Å²) in [6.07, 6.45) is 0. The van der Waals surface area contributed by atoms with Gasteiger partial charge in [-0.1, -0.05) is 26.0 Å². The summed E-state index contributed by atoms with van der Waals surface area (Å²) < 4.78 is 0. The molecule has 1 aromatic rings. The first kappa shape index (κ1) is 15.5. The summed E-state index contributed by atoms with van der Waals surface area (Å²) in [6, 6.07) is 7.17. The second-order valence-corrected chi connectivity index (χ2v) is 6.03. The molecule has 0 aliphatic carbocycles. The summed E-state index contributed by atoms with van der Waals surface area (Å²) in [5.74, 6) is -0.00307. The fourth-order valence-electron chi connectivity index (χ4n) is 2.30. The van der Waals surface area contributed by atoms with Crippen molar-refractivity contribution in [1.82, 2.24) is 10.2 Å². The third kappa shape index (κ3) is 3.42. The Morgan fingerprint density at radius 3 is 2.33 bits per heavy atom. The maximum absolute atomic E-state index is 12.3. The average Bonchev–Trinajstić information content (AvgIpc) is 2.41. The van der Waals surface area contributed by atoms with Crippen LogP contribution in [-0.4, -0.2) is 40.5 Å². The summed E-state index contributed by atoms with van der Waals surface area (Å²) in [7, 11) is 0. The Hall–Kier alpha value is -1.88. The molecule has 0 bridgehead atoms. The highest BCUT2D eigenvalue weighted by atomic mass is 16.3. The highest BCUT2D eigenvalue weighted by Gasteiger charge is 2.45. The number of hydrogen-bond acceptors (Lipinski definition) is 3.